The molecule has 3 aromatic rings. The van der Waals surface area contributed by atoms with Crippen LogP contribution in [0.5, 0.6) is 0 Å². The summed E-state index contributed by atoms with van der Waals surface area (Å²) in [6, 6.07) is 17.2. The van der Waals surface area contributed by atoms with Gasteiger partial charge in [-0.25, -0.2) is 9.37 Å². The van der Waals surface area contributed by atoms with Crippen LogP contribution in [0.2, 0.25) is 0 Å². The highest BCUT2D eigenvalue weighted by Crippen LogP contribution is 2.42. The number of halogens is 1. The summed E-state index contributed by atoms with van der Waals surface area (Å²) in [7, 11) is 0. The normalized spacial score (nSPS) is 27.1. The predicted molar refractivity (Wildman–Crippen MR) is 111 cm³/mol. The van der Waals surface area contributed by atoms with Gasteiger partial charge in [-0.15, -0.1) is 0 Å². The molecule has 2 aliphatic rings. The Hall–Kier alpha value is -2.50. The molecule has 0 spiro atoms. The number of nitrogens with zero attached hydrogens (tertiary/aromatic N) is 3. The van der Waals surface area contributed by atoms with E-state index in [0.717, 1.165) is 42.9 Å². The van der Waals surface area contributed by atoms with Gasteiger partial charge in [-0.3, -0.25) is 4.90 Å². The molecule has 1 N–H and O–H groups in total. The number of hydrogen-bond donors (Lipinski definition) is 1. The highest BCUT2D eigenvalue weighted by Gasteiger charge is 2.42. The Morgan fingerprint density at radius 2 is 1.69 bits per heavy atom. The van der Waals surface area contributed by atoms with Gasteiger partial charge in [0, 0.05) is 43.2 Å². The Bertz CT molecular complexity index is 973. The number of imidazole rings is 1. The molecule has 2 heterocycles. The van der Waals surface area contributed by atoms with Crippen molar-refractivity contribution in [2.45, 2.75) is 31.5 Å². The maximum absolute atomic E-state index is 14.1. The van der Waals surface area contributed by atoms with Gasteiger partial charge < -0.3 is 9.67 Å². The zero-order valence-electron chi connectivity index (χ0n) is 16.4. The first-order valence-corrected chi connectivity index (χ1v) is 10.4. The Kier molecular flexibility index (Phi) is 4.94. The summed E-state index contributed by atoms with van der Waals surface area (Å²) < 4.78 is 16.2. The van der Waals surface area contributed by atoms with E-state index in [4.69, 9.17) is 0 Å². The molecule has 0 unspecified atom stereocenters. The van der Waals surface area contributed by atoms with Crippen LogP contribution in [0.1, 0.15) is 24.4 Å². The van der Waals surface area contributed by atoms with Crippen LogP contribution in [-0.4, -0.2) is 38.8 Å². The second-order valence-corrected chi connectivity index (χ2v) is 8.44. The number of aliphatic hydroxyl groups is 1. The van der Waals surface area contributed by atoms with Crippen molar-refractivity contribution >= 4 is 0 Å². The lowest BCUT2D eigenvalue weighted by atomic mass is 9.77. The average Bonchev–Trinajstić information content (AvgIpc) is 3.36. The third kappa shape index (κ3) is 3.61. The van der Waals surface area contributed by atoms with Crippen LogP contribution < -0.4 is 0 Å². The monoisotopic (exact) mass is 391 g/mol. The fourth-order valence-corrected chi connectivity index (χ4v) is 5.19. The number of aromatic nitrogens is 2. The van der Waals surface area contributed by atoms with E-state index in [2.05, 4.69) is 26.6 Å². The highest BCUT2D eigenvalue weighted by molar-refractivity contribution is 5.55. The molecule has 1 saturated heterocycles. The largest absolute Gasteiger partial charge is 0.391 e. The van der Waals surface area contributed by atoms with Crippen LogP contribution in [-0.2, 0) is 6.54 Å². The molecule has 1 aromatic heterocycles. The molecule has 0 amide bonds. The molecule has 0 radical (unpaired) electrons. The maximum Gasteiger partial charge on any atom is 0.140 e. The van der Waals surface area contributed by atoms with E-state index >= 15 is 0 Å². The summed E-state index contributed by atoms with van der Waals surface area (Å²) in [6.07, 6.45) is 5.13. The van der Waals surface area contributed by atoms with Crippen LogP contribution in [0.4, 0.5) is 4.39 Å². The SMILES string of the molecule is O[C@H]1C[C@@H]2CN(Cc3ccccc3F)C[C@@H]2C[C@@H]1n1ccnc1-c1ccccc1. The number of likely N-dealkylation sites (tertiary alicyclic amines) is 1. The fourth-order valence-electron chi connectivity index (χ4n) is 5.19. The Balaban J connectivity index is 1.33. The van der Waals surface area contributed by atoms with Crippen molar-refractivity contribution in [2.24, 2.45) is 11.8 Å². The molecule has 1 aliphatic heterocycles. The van der Waals surface area contributed by atoms with Gasteiger partial charge in [-0.2, -0.15) is 0 Å². The average molecular weight is 391 g/mol. The lowest BCUT2D eigenvalue weighted by Gasteiger charge is -2.36. The minimum atomic E-state index is -0.388. The van der Waals surface area contributed by atoms with E-state index in [0.29, 0.717) is 18.4 Å². The first kappa shape index (κ1) is 18.5. The first-order valence-electron chi connectivity index (χ1n) is 10.4. The number of rotatable bonds is 4. The zero-order chi connectivity index (χ0) is 19.8. The predicted octanol–water partition coefficient (Wildman–Crippen LogP) is 4.13. The number of fused-ring (bicyclic) bond motifs is 1. The van der Waals surface area contributed by atoms with Gasteiger partial charge in [0.15, 0.2) is 0 Å². The van der Waals surface area contributed by atoms with Crippen molar-refractivity contribution in [3.05, 3.63) is 78.4 Å². The van der Waals surface area contributed by atoms with Crippen molar-refractivity contribution < 1.29 is 9.50 Å². The van der Waals surface area contributed by atoms with Crippen LogP contribution >= 0.6 is 0 Å². The van der Waals surface area contributed by atoms with Gasteiger partial charge in [0.25, 0.3) is 0 Å². The summed E-state index contributed by atoms with van der Waals surface area (Å²) in [4.78, 5) is 6.90. The van der Waals surface area contributed by atoms with Crippen molar-refractivity contribution in [1.82, 2.24) is 14.5 Å². The number of aliphatic hydroxyl groups excluding tert-OH is 1. The van der Waals surface area contributed by atoms with Gasteiger partial charge in [0.1, 0.15) is 11.6 Å². The maximum atomic E-state index is 14.1. The topological polar surface area (TPSA) is 41.3 Å². The lowest BCUT2D eigenvalue weighted by Crippen LogP contribution is -2.36. The number of benzene rings is 2. The summed E-state index contributed by atoms with van der Waals surface area (Å²) in [5.74, 6) is 1.76. The molecule has 5 heteroatoms. The minimum Gasteiger partial charge on any atom is -0.391 e. The summed E-state index contributed by atoms with van der Waals surface area (Å²) in [5, 5.41) is 11.0. The molecule has 0 bridgehead atoms. The van der Waals surface area contributed by atoms with Crippen molar-refractivity contribution in [1.29, 1.82) is 0 Å². The van der Waals surface area contributed by atoms with Crippen molar-refractivity contribution in [3.63, 3.8) is 0 Å². The molecule has 2 fully saturated rings. The van der Waals surface area contributed by atoms with E-state index in [1.807, 2.05) is 42.7 Å². The van der Waals surface area contributed by atoms with E-state index in [9.17, 15) is 9.50 Å². The fraction of sp³-hybridized carbons (Fsp3) is 0.375. The molecule has 1 saturated carbocycles. The van der Waals surface area contributed by atoms with E-state index < -0.39 is 0 Å². The molecule has 29 heavy (non-hydrogen) atoms. The Morgan fingerprint density at radius 3 is 2.48 bits per heavy atom. The molecule has 4 atom stereocenters. The van der Waals surface area contributed by atoms with Gasteiger partial charge in [0.05, 0.1) is 12.1 Å². The van der Waals surface area contributed by atoms with E-state index in [1.165, 1.54) is 6.07 Å². The van der Waals surface area contributed by atoms with Gasteiger partial charge >= 0.3 is 0 Å². The van der Waals surface area contributed by atoms with Gasteiger partial charge in [0.2, 0.25) is 0 Å². The van der Waals surface area contributed by atoms with E-state index in [1.54, 1.807) is 6.07 Å². The molecular weight excluding hydrogens is 365 g/mol. The lowest BCUT2D eigenvalue weighted by molar-refractivity contribution is 0.0365. The van der Waals surface area contributed by atoms with Crippen LogP contribution in [0.15, 0.2) is 67.0 Å². The minimum absolute atomic E-state index is 0.0300. The number of hydrogen-bond acceptors (Lipinski definition) is 3. The van der Waals surface area contributed by atoms with Gasteiger partial charge in [-0.1, -0.05) is 48.5 Å². The summed E-state index contributed by atoms with van der Waals surface area (Å²) >= 11 is 0. The second kappa shape index (κ2) is 7.73. The van der Waals surface area contributed by atoms with Crippen LogP contribution in [0.3, 0.4) is 0 Å². The molecule has 1 aliphatic carbocycles. The quantitative estimate of drug-likeness (QED) is 0.727. The first-order chi connectivity index (χ1) is 14.2. The second-order valence-electron chi connectivity index (χ2n) is 8.44. The molecule has 2 aromatic carbocycles. The molecular formula is C24H26FN3O. The van der Waals surface area contributed by atoms with Crippen molar-refractivity contribution in [2.75, 3.05) is 13.1 Å². The molecule has 150 valence electrons. The summed E-state index contributed by atoms with van der Waals surface area (Å²) in [5.41, 5.74) is 1.82. The third-order valence-corrected chi connectivity index (χ3v) is 6.59. The Labute approximate surface area is 170 Å². The Morgan fingerprint density at radius 1 is 0.966 bits per heavy atom. The van der Waals surface area contributed by atoms with Crippen LogP contribution in [0.25, 0.3) is 11.4 Å². The third-order valence-electron chi connectivity index (χ3n) is 6.59. The molecule has 4 nitrogen and oxygen atoms in total. The standard InChI is InChI=1S/C24H26FN3O/c25-21-9-5-4-8-18(21)14-27-15-19-12-22(23(29)13-20(19)16-27)28-11-10-26-24(28)17-6-2-1-3-7-17/h1-11,19-20,22-23,29H,12-16H2/t19-,20+,22-,23-/m0/s1. The van der Waals surface area contributed by atoms with Crippen LogP contribution in [0, 0.1) is 17.7 Å². The smallest absolute Gasteiger partial charge is 0.140 e. The van der Waals surface area contributed by atoms with Crippen molar-refractivity contribution in [3.8, 4) is 11.4 Å². The van der Waals surface area contributed by atoms with E-state index in [-0.39, 0.29) is 18.0 Å². The highest BCUT2D eigenvalue weighted by atomic mass is 19.1. The molecule has 5 rings (SSSR count). The zero-order valence-corrected chi connectivity index (χ0v) is 16.4. The van der Waals surface area contributed by atoms with Gasteiger partial charge in [-0.05, 0) is 30.7 Å². The summed E-state index contributed by atoms with van der Waals surface area (Å²) in [6.45, 7) is 2.52.